The minimum atomic E-state index is 0.114. The minimum absolute atomic E-state index is 0.114. The molecule has 0 aliphatic rings. The number of halogens is 1. The van der Waals surface area contributed by atoms with Crippen molar-refractivity contribution in [3.05, 3.63) is 58.4 Å². The second-order valence-corrected chi connectivity index (χ2v) is 4.60. The maximum Gasteiger partial charge on any atom is 0.134 e. The monoisotopic (exact) mass is 262 g/mol. The number of hydrogen-bond acceptors (Lipinski definition) is 3. The van der Waals surface area contributed by atoms with Crippen LogP contribution in [-0.4, -0.2) is 10.1 Å². The highest BCUT2D eigenvalue weighted by Crippen LogP contribution is 2.23. The third kappa shape index (κ3) is 3.22. The van der Waals surface area contributed by atoms with Gasteiger partial charge in [-0.1, -0.05) is 17.7 Å². The van der Waals surface area contributed by atoms with E-state index in [1.807, 2.05) is 18.3 Å². The molecule has 0 fully saturated rings. The molecule has 94 valence electrons. The summed E-state index contributed by atoms with van der Waals surface area (Å²) in [6.07, 6.45) is 3.66. The molecule has 0 aliphatic heterocycles. The average Bonchev–Trinajstić information content (AvgIpc) is 2.36. The highest BCUT2D eigenvalue weighted by Gasteiger charge is 2.01. The van der Waals surface area contributed by atoms with Crippen molar-refractivity contribution in [2.45, 2.75) is 20.0 Å². The fraction of sp³-hybridized carbons (Fsp3) is 0.214. The first-order valence-corrected chi connectivity index (χ1v) is 6.12. The molecule has 2 aromatic rings. The Morgan fingerprint density at radius 1 is 1.28 bits per heavy atom. The zero-order valence-corrected chi connectivity index (χ0v) is 10.9. The fourth-order valence-corrected chi connectivity index (χ4v) is 1.89. The summed E-state index contributed by atoms with van der Waals surface area (Å²) in [4.78, 5) is 4.10. The molecule has 18 heavy (non-hydrogen) atoms. The van der Waals surface area contributed by atoms with E-state index in [1.54, 1.807) is 18.3 Å². The normalized spacial score (nSPS) is 10.6. The van der Waals surface area contributed by atoms with Crippen LogP contribution in [0.3, 0.4) is 0 Å². The van der Waals surface area contributed by atoms with Gasteiger partial charge in [-0.05, 0) is 41.8 Å². The fourth-order valence-electron chi connectivity index (χ4n) is 1.68. The van der Waals surface area contributed by atoms with Gasteiger partial charge in [0.05, 0.1) is 5.02 Å². The van der Waals surface area contributed by atoms with Crippen LogP contribution in [0.25, 0.3) is 0 Å². The van der Waals surface area contributed by atoms with E-state index in [9.17, 15) is 5.11 Å². The summed E-state index contributed by atoms with van der Waals surface area (Å²) in [5.41, 5.74) is 3.45. The van der Waals surface area contributed by atoms with Crippen LogP contribution in [-0.2, 0) is 13.1 Å². The van der Waals surface area contributed by atoms with Gasteiger partial charge in [0.2, 0.25) is 0 Å². The molecule has 0 atom stereocenters. The first-order chi connectivity index (χ1) is 8.66. The molecule has 0 spiro atoms. The molecular formula is C14H15ClN2O. The van der Waals surface area contributed by atoms with Gasteiger partial charge in [-0.25, -0.2) is 0 Å². The third-order valence-corrected chi connectivity index (χ3v) is 3.11. The van der Waals surface area contributed by atoms with Crippen LogP contribution in [0.4, 0.5) is 0 Å². The first-order valence-electron chi connectivity index (χ1n) is 5.74. The summed E-state index contributed by atoms with van der Waals surface area (Å²) in [6, 6.07) is 7.22. The lowest BCUT2D eigenvalue weighted by Gasteiger charge is -2.08. The zero-order valence-electron chi connectivity index (χ0n) is 10.2. The van der Waals surface area contributed by atoms with Crippen LogP contribution in [0, 0.1) is 6.92 Å². The van der Waals surface area contributed by atoms with Crippen molar-refractivity contribution in [2.75, 3.05) is 0 Å². The van der Waals surface area contributed by atoms with Gasteiger partial charge in [-0.2, -0.15) is 0 Å². The molecule has 0 aliphatic carbocycles. The van der Waals surface area contributed by atoms with E-state index in [0.29, 0.717) is 11.6 Å². The van der Waals surface area contributed by atoms with Gasteiger partial charge in [0.1, 0.15) is 5.75 Å². The molecule has 3 nitrogen and oxygen atoms in total. The smallest absolute Gasteiger partial charge is 0.134 e. The van der Waals surface area contributed by atoms with Gasteiger partial charge in [0.25, 0.3) is 0 Å². The molecule has 0 unspecified atom stereocenters. The van der Waals surface area contributed by atoms with Crippen LogP contribution < -0.4 is 5.32 Å². The highest BCUT2D eigenvalue weighted by atomic mass is 35.5. The molecule has 0 saturated carbocycles. The van der Waals surface area contributed by atoms with Gasteiger partial charge < -0.3 is 10.4 Å². The van der Waals surface area contributed by atoms with E-state index < -0.39 is 0 Å². The molecule has 1 heterocycles. The second-order valence-electron chi connectivity index (χ2n) is 4.19. The van der Waals surface area contributed by atoms with Gasteiger partial charge in [0, 0.05) is 25.5 Å². The minimum Gasteiger partial charge on any atom is -0.506 e. The van der Waals surface area contributed by atoms with Gasteiger partial charge >= 0.3 is 0 Å². The van der Waals surface area contributed by atoms with E-state index in [4.69, 9.17) is 11.6 Å². The SMILES string of the molecule is Cc1ccncc1CNCc1ccc(O)c(Cl)c1. The van der Waals surface area contributed by atoms with Crippen molar-refractivity contribution in [3.63, 3.8) is 0 Å². The molecule has 2 N–H and O–H groups in total. The predicted molar refractivity (Wildman–Crippen MR) is 72.6 cm³/mol. The Labute approximate surface area is 111 Å². The number of aryl methyl sites for hydroxylation is 1. The van der Waals surface area contributed by atoms with Crippen LogP contribution in [0.1, 0.15) is 16.7 Å². The largest absolute Gasteiger partial charge is 0.506 e. The van der Waals surface area contributed by atoms with Gasteiger partial charge in [-0.15, -0.1) is 0 Å². The van der Waals surface area contributed by atoms with E-state index in [-0.39, 0.29) is 5.75 Å². The summed E-state index contributed by atoms with van der Waals surface area (Å²) < 4.78 is 0. The van der Waals surface area contributed by atoms with Gasteiger partial charge in [0.15, 0.2) is 0 Å². The van der Waals surface area contributed by atoms with Crippen LogP contribution >= 0.6 is 11.6 Å². The summed E-state index contributed by atoms with van der Waals surface area (Å²) >= 11 is 5.85. The molecule has 1 aromatic heterocycles. The standard InChI is InChI=1S/C14H15ClN2O/c1-10-4-5-16-8-12(10)9-17-7-11-2-3-14(18)13(15)6-11/h2-6,8,17-18H,7,9H2,1H3. The van der Waals surface area contributed by atoms with Crippen molar-refractivity contribution >= 4 is 11.6 Å². The third-order valence-electron chi connectivity index (χ3n) is 2.80. The Hall–Kier alpha value is -1.58. The molecule has 1 aromatic carbocycles. The number of nitrogens with one attached hydrogen (secondary N) is 1. The Morgan fingerprint density at radius 2 is 2.11 bits per heavy atom. The van der Waals surface area contributed by atoms with E-state index in [2.05, 4.69) is 17.2 Å². The number of phenolic OH excluding ortho intramolecular Hbond substituents is 1. The van der Waals surface area contributed by atoms with Crippen molar-refractivity contribution in [1.29, 1.82) is 0 Å². The highest BCUT2D eigenvalue weighted by molar-refractivity contribution is 6.32. The number of benzene rings is 1. The van der Waals surface area contributed by atoms with Crippen LogP contribution in [0.5, 0.6) is 5.75 Å². The number of nitrogens with zero attached hydrogens (tertiary/aromatic N) is 1. The Morgan fingerprint density at radius 3 is 2.83 bits per heavy atom. The Balaban J connectivity index is 1.92. The lowest BCUT2D eigenvalue weighted by atomic mass is 10.1. The van der Waals surface area contributed by atoms with Crippen molar-refractivity contribution in [1.82, 2.24) is 10.3 Å². The van der Waals surface area contributed by atoms with E-state index >= 15 is 0 Å². The summed E-state index contributed by atoms with van der Waals surface area (Å²) in [5, 5.41) is 13.0. The topological polar surface area (TPSA) is 45.2 Å². The lowest BCUT2D eigenvalue weighted by Crippen LogP contribution is -2.13. The maximum atomic E-state index is 9.32. The number of aromatic hydroxyl groups is 1. The second kappa shape index (κ2) is 5.85. The number of hydrogen-bond donors (Lipinski definition) is 2. The quantitative estimate of drug-likeness (QED) is 0.890. The van der Waals surface area contributed by atoms with E-state index in [0.717, 1.165) is 12.1 Å². The van der Waals surface area contributed by atoms with Crippen LogP contribution in [0.2, 0.25) is 5.02 Å². The Bertz CT molecular complexity index is 543. The van der Waals surface area contributed by atoms with Crippen LogP contribution in [0.15, 0.2) is 36.7 Å². The Kier molecular flexibility index (Phi) is 4.18. The van der Waals surface area contributed by atoms with Crippen molar-refractivity contribution < 1.29 is 5.11 Å². The first kappa shape index (κ1) is 12.9. The van der Waals surface area contributed by atoms with Crippen molar-refractivity contribution in [3.8, 4) is 5.75 Å². The molecule has 0 bridgehead atoms. The molecule has 2 rings (SSSR count). The summed E-state index contributed by atoms with van der Waals surface area (Å²) in [5.74, 6) is 0.114. The number of pyridine rings is 1. The molecule has 0 amide bonds. The summed E-state index contributed by atoms with van der Waals surface area (Å²) in [7, 11) is 0. The van der Waals surface area contributed by atoms with Gasteiger partial charge in [-0.3, -0.25) is 4.98 Å². The predicted octanol–water partition coefficient (Wildman–Crippen LogP) is 3.04. The van der Waals surface area contributed by atoms with Crippen molar-refractivity contribution in [2.24, 2.45) is 0 Å². The molecule has 4 heteroatoms. The maximum absolute atomic E-state index is 9.32. The van der Waals surface area contributed by atoms with E-state index in [1.165, 1.54) is 11.1 Å². The molecular weight excluding hydrogens is 248 g/mol. The zero-order chi connectivity index (χ0) is 13.0. The molecule has 0 radical (unpaired) electrons. The number of rotatable bonds is 4. The average molecular weight is 263 g/mol. The number of aromatic nitrogens is 1. The lowest BCUT2D eigenvalue weighted by molar-refractivity contribution is 0.475. The molecule has 0 saturated heterocycles. The summed E-state index contributed by atoms with van der Waals surface area (Å²) in [6.45, 7) is 3.53. The number of phenols is 1.